The summed E-state index contributed by atoms with van der Waals surface area (Å²) >= 11 is 0. The molecule has 0 spiro atoms. The molecule has 2 N–H and O–H groups in total. The van der Waals surface area contributed by atoms with Gasteiger partial charge in [-0.25, -0.2) is 0 Å². The highest BCUT2D eigenvalue weighted by atomic mass is 127. The maximum atomic E-state index is 4.90. The summed E-state index contributed by atoms with van der Waals surface area (Å²) in [5.41, 5.74) is 0. The Hall–Kier alpha value is -0.0800. The molecule has 0 amide bonds. The lowest BCUT2D eigenvalue weighted by Gasteiger charge is -2.24. The topological polar surface area (TPSA) is 42.9 Å². The van der Waals surface area contributed by atoms with Gasteiger partial charge in [-0.2, -0.15) is 0 Å². The fourth-order valence-electron chi connectivity index (χ4n) is 3.82. The molecule has 6 heteroatoms. The van der Waals surface area contributed by atoms with Crippen LogP contribution in [0.1, 0.15) is 47.5 Å². The Kier molecular flexibility index (Phi) is 9.89. The first-order chi connectivity index (χ1) is 11.0. The number of hydrogen-bond acceptors (Lipinski definition) is 3. The van der Waals surface area contributed by atoms with Crippen LogP contribution < -0.4 is 10.6 Å². The molecule has 2 aliphatic heterocycles. The van der Waals surface area contributed by atoms with Crippen molar-refractivity contribution in [1.82, 2.24) is 20.4 Å². The summed E-state index contributed by atoms with van der Waals surface area (Å²) in [4.78, 5) is 10.0. The van der Waals surface area contributed by atoms with Crippen molar-refractivity contribution in [1.29, 1.82) is 0 Å². The van der Waals surface area contributed by atoms with Crippen molar-refractivity contribution >= 4 is 29.9 Å². The van der Waals surface area contributed by atoms with Crippen LogP contribution in [0.15, 0.2) is 4.99 Å². The zero-order chi connectivity index (χ0) is 16.8. The Labute approximate surface area is 166 Å². The summed E-state index contributed by atoms with van der Waals surface area (Å²) < 4.78 is 0. The Morgan fingerprint density at radius 3 is 2.58 bits per heavy atom. The van der Waals surface area contributed by atoms with E-state index in [0.29, 0.717) is 24.0 Å². The molecule has 0 aromatic heterocycles. The molecule has 2 heterocycles. The van der Waals surface area contributed by atoms with E-state index in [4.69, 9.17) is 4.99 Å². The normalized spacial score (nSPS) is 29.1. The predicted octanol–water partition coefficient (Wildman–Crippen LogP) is 2.37. The molecular formula is C18H38IN5. The largest absolute Gasteiger partial charge is 0.357 e. The highest BCUT2D eigenvalue weighted by Crippen LogP contribution is 2.19. The van der Waals surface area contributed by atoms with E-state index in [1.54, 1.807) is 0 Å². The molecule has 5 nitrogen and oxygen atoms in total. The van der Waals surface area contributed by atoms with Crippen molar-refractivity contribution in [3.63, 3.8) is 0 Å². The molecule has 0 aromatic rings. The second kappa shape index (κ2) is 10.8. The molecule has 2 fully saturated rings. The number of aliphatic imine (C=N–C) groups is 1. The van der Waals surface area contributed by atoms with Crippen LogP contribution in [0.4, 0.5) is 0 Å². The number of halogens is 1. The molecule has 2 saturated heterocycles. The molecule has 3 atom stereocenters. The van der Waals surface area contributed by atoms with E-state index in [0.717, 1.165) is 32.1 Å². The Bertz CT molecular complexity index is 388. The smallest absolute Gasteiger partial charge is 0.191 e. The lowest BCUT2D eigenvalue weighted by atomic mass is 10.1. The van der Waals surface area contributed by atoms with Gasteiger partial charge < -0.3 is 10.6 Å². The van der Waals surface area contributed by atoms with Crippen LogP contribution in [0.25, 0.3) is 0 Å². The first-order valence-corrected chi connectivity index (χ1v) is 9.58. The summed E-state index contributed by atoms with van der Waals surface area (Å²) in [6, 6.07) is 1.75. The van der Waals surface area contributed by atoms with Gasteiger partial charge >= 0.3 is 0 Å². The Balaban J connectivity index is 0.00000288. The number of nitrogens with zero attached hydrogens (tertiary/aromatic N) is 3. The SMILES string of the molecule is CCNC(=NCC1CCCN1CC)NC1CN(C(C)C)CC1C.I. The Morgan fingerprint density at radius 1 is 1.25 bits per heavy atom. The molecular weight excluding hydrogens is 413 g/mol. The molecule has 0 aromatic carbocycles. The first kappa shape index (κ1) is 22.0. The van der Waals surface area contributed by atoms with Gasteiger partial charge in [-0.15, -0.1) is 24.0 Å². The predicted molar refractivity (Wildman–Crippen MR) is 114 cm³/mol. The average Bonchev–Trinajstić information content (AvgIpc) is 3.11. The van der Waals surface area contributed by atoms with Crippen molar-refractivity contribution in [3.8, 4) is 0 Å². The van der Waals surface area contributed by atoms with Crippen LogP contribution >= 0.6 is 24.0 Å². The number of rotatable bonds is 6. The van der Waals surface area contributed by atoms with Crippen LogP contribution in [-0.4, -0.2) is 73.2 Å². The molecule has 0 aliphatic carbocycles. The summed E-state index contributed by atoms with van der Waals surface area (Å²) in [6.45, 7) is 17.8. The zero-order valence-electron chi connectivity index (χ0n) is 16.2. The van der Waals surface area contributed by atoms with Crippen molar-refractivity contribution in [3.05, 3.63) is 0 Å². The zero-order valence-corrected chi connectivity index (χ0v) is 18.5. The maximum Gasteiger partial charge on any atom is 0.191 e. The molecule has 142 valence electrons. The van der Waals surface area contributed by atoms with E-state index >= 15 is 0 Å². The van der Waals surface area contributed by atoms with Crippen molar-refractivity contribution in [2.24, 2.45) is 10.9 Å². The summed E-state index contributed by atoms with van der Waals surface area (Å²) in [5, 5.41) is 7.12. The van der Waals surface area contributed by atoms with Crippen molar-refractivity contribution in [2.75, 3.05) is 39.3 Å². The third-order valence-corrected chi connectivity index (χ3v) is 5.40. The van der Waals surface area contributed by atoms with E-state index in [1.165, 1.54) is 25.9 Å². The maximum absolute atomic E-state index is 4.90. The van der Waals surface area contributed by atoms with Crippen LogP contribution in [0.5, 0.6) is 0 Å². The number of likely N-dealkylation sites (tertiary alicyclic amines) is 2. The molecule has 0 saturated carbocycles. The van der Waals surface area contributed by atoms with Gasteiger partial charge in [-0.1, -0.05) is 13.8 Å². The molecule has 0 radical (unpaired) electrons. The quantitative estimate of drug-likeness (QED) is 0.370. The minimum Gasteiger partial charge on any atom is -0.357 e. The fraction of sp³-hybridized carbons (Fsp3) is 0.944. The van der Waals surface area contributed by atoms with E-state index in [-0.39, 0.29) is 24.0 Å². The molecule has 0 bridgehead atoms. The molecule has 3 unspecified atom stereocenters. The molecule has 24 heavy (non-hydrogen) atoms. The number of hydrogen-bond donors (Lipinski definition) is 2. The first-order valence-electron chi connectivity index (χ1n) is 9.58. The third-order valence-electron chi connectivity index (χ3n) is 5.40. The highest BCUT2D eigenvalue weighted by molar-refractivity contribution is 14.0. The lowest BCUT2D eigenvalue weighted by Crippen LogP contribution is -2.47. The molecule has 2 rings (SSSR count). The van der Waals surface area contributed by atoms with Gasteiger partial charge in [0.1, 0.15) is 0 Å². The minimum absolute atomic E-state index is 0. The van der Waals surface area contributed by atoms with Gasteiger partial charge in [0.25, 0.3) is 0 Å². The van der Waals surface area contributed by atoms with E-state index in [9.17, 15) is 0 Å². The van der Waals surface area contributed by atoms with Crippen molar-refractivity contribution in [2.45, 2.75) is 65.6 Å². The van der Waals surface area contributed by atoms with Gasteiger partial charge in [0.05, 0.1) is 6.54 Å². The van der Waals surface area contributed by atoms with Crippen LogP contribution in [-0.2, 0) is 0 Å². The fourth-order valence-corrected chi connectivity index (χ4v) is 3.82. The lowest BCUT2D eigenvalue weighted by molar-refractivity contribution is 0.265. The van der Waals surface area contributed by atoms with Gasteiger partial charge in [0.15, 0.2) is 5.96 Å². The van der Waals surface area contributed by atoms with E-state index in [1.807, 2.05) is 0 Å². The second-order valence-corrected chi connectivity index (χ2v) is 7.42. The van der Waals surface area contributed by atoms with Crippen LogP contribution in [0.2, 0.25) is 0 Å². The summed E-state index contributed by atoms with van der Waals surface area (Å²) in [6.07, 6.45) is 2.61. The highest BCUT2D eigenvalue weighted by Gasteiger charge is 2.31. The number of likely N-dealkylation sites (N-methyl/N-ethyl adjacent to an activating group) is 1. The second-order valence-electron chi connectivity index (χ2n) is 7.42. The number of guanidine groups is 1. The monoisotopic (exact) mass is 451 g/mol. The van der Waals surface area contributed by atoms with Gasteiger partial charge in [-0.05, 0) is 52.6 Å². The minimum atomic E-state index is 0. The van der Waals surface area contributed by atoms with Crippen LogP contribution in [0.3, 0.4) is 0 Å². The van der Waals surface area contributed by atoms with Crippen molar-refractivity contribution < 1.29 is 0 Å². The third kappa shape index (κ3) is 6.02. The standard InChI is InChI=1S/C18H37N5.HI/c1-6-19-18(20-11-16-9-8-10-22(16)7-2)21-17-13-23(14(3)4)12-15(17)5;/h14-17H,6-13H2,1-5H3,(H2,19,20,21);1H. The molecule has 2 aliphatic rings. The van der Waals surface area contributed by atoms with E-state index < -0.39 is 0 Å². The summed E-state index contributed by atoms with van der Waals surface area (Å²) in [5.74, 6) is 1.66. The van der Waals surface area contributed by atoms with Gasteiger partial charge in [0, 0.05) is 37.8 Å². The van der Waals surface area contributed by atoms with Crippen LogP contribution in [0, 0.1) is 5.92 Å². The average molecular weight is 451 g/mol. The Morgan fingerprint density at radius 2 is 2.00 bits per heavy atom. The van der Waals surface area contributed by atoms with Gasteiger partial charge in [-0.3, -0.25) is 14.8 Å². The van der Waals surface area contributed by atoms with Gasteiger partial charge in [0.2, 0.25) is 0 Å². The summed E-state index contributed by atoms with van der Waals surface area (Å²) in [7, 11) is 0. The number of nitrogens with one attached hydrogen (secondary N) is 2. The van der Waals surface area contributed by atoms with E-state index in [2.05, 4.69) is 55.1 Å².